The SMILES string of the molecule is CC(=O)c1[nH]c(C)c(C(=O)N2CCc3[nH]nc(C(C)C)c3C2)c1C. The van der Waals surface area contributed by atoms with E-state index in [1.165, 1.54) is 6.92 Å². The van der Waals surface area contributed by atoms with Crippen molar-refractivity contribution in [2.24, 2.45) is 0 Å². The average Bonchev–Trinajstić information content (AvgIpc) is 3.07. The lowest BCUT2D eigenvalue weighted by atomic mass is 9.98. The Morgan fingerprint density at radius 3 is 2.54 bits per heavy atom. The Kier molecular flexibility index (Phi) is 4.07. The van der Waals surface area contributed by atoms with Crippen LogP contribution in [-0.2, 0) is 13.0 Å². The van der Waals surface area contributed by atoms with E-state index in [2.05, 4.69) is 29.0 Å². The molecule has 0 aromatic carbocycles. The standard InChI is InChI=1S/C18H24N4O2/c1-9(2)16-13-8-22(7-6-14(13)20-21-16)18(24)15-10(3)17(12(5)23)19-11(15)4/h9,19H,6-8H2,1-5H3,(H,20,21). The fourth-order valence-electron chi connectivity index (χ4n) is 3.55. The number of amides is 1. The van der Waals surface area contributed by atoms with Gasteiger partial charge < -0.3 is 9.88 Å². The van der Waals surface area contributed by atoms with Crippen LogP contribution in [0.25, 0.3) is 0 Å². The van der Waals surface area contributed by atoms with Crippen molar-refractivity contribution in [2.75, 3.05) is 6.54 Å². The van der Waals surface area contributed by atoms with Crippen LogP contribution in [0.5, 0.6) is 0 Å². The second kappa shape index (κ2) is 5.92. The van der Waals surface area contributed by atoms with E-state index in [1.54, 1.807) is 0 Å². The van der Waals surface area contributed by atoms with Gasteiger partial charge in [-0.25, -0.2) is 0 Å². The number of ketones is 1. The van der Waals surface area contributed by atoms with Gasteiger partial charge in [0, 0.05) is 43.4 Å². The highest BCUT2D eigenvalue weighted by molar-refractivity contribution is 6.02. The first-order chi connectivity index (χ1) is 11.3. The van der Waals surface area contributed by atoms with Gasteiger partial charge in [0.15, 0.2) is 5.78 Å². The summed E-state index contributed by atoms with van der Waals surface area (Å²) in [6, 6.07) is 0. The predicted molar refractivity (Wildman–Crippen MR) is 91.4 cm³/mol. The molecule has 128 valence electrons. The maximum Gasteiger partial charge on any atom is 0.256 e. The number of Topliss-reactive ketones (excluding diaryl/α,β-unsaturated/α-hetero) is 1. The molecule has 0 aliphatic carbocycles. The van der Waals surface area contributed by atoms with Crippen LogP contribution in [0.2, 0.25) is 0 Å². The monoisotopic (exact) mass is 328 g/mol. The summed E-state index contributed by atoms with van der Waals surface area (Å²) in [5.74, 6) is 0.253. The summed E-state index contributed by atoms with van der Waals surface area (Å²) >= 11 is 0. The second-order valence-corrected chi connectivity index (χ2v) is 6.88. The van der Waals surface area contributed by atoms with E-state index in [0.717, 1.165) is 34.6 Å². The first-order valence-corrected chi connectivity index (χ1v) is 8.36. The largest absolute Gasteiger partial charge is 0.355 e. The number of aromatic amines is 2. The maximum atomic E-state index is 13.1. The van der Waals surface area contributed by atoms with Crippen molar-refractivity contribution < 1.29 is 9.59 Å². The molecule has 3 heterocycles. The van der Waals surface area contributed by atoms with Crippen molar-refractivity contribution >= 4 is 11.7 Å². The highest BCUT2D eigenvalue weighted by atomic mass is 16.2. The quantitative estimate of drug-likeness (QED) is 0.850. The number of hydrogen-bond acceptors (Lipinski definition) is 3. The molecule has 1 amide bonds. The third-order valence-corrected chi connectivity index (χ3v) is 4.80. The summed E-state index contributed by atoms with van der Waals surface area (Å²) in [6.07, 6.45) is 0.781. The number of aromatic nitrogens is 3. The van der Waals surface area contributed by atoms with Gasteiger partial charge in [-0.3, -0.25) is 14.7 Å². The van der Waals surface area contributed by atoms with Crippen molar-refractivity contribution in [3.8, 4) is 0 Å². The molecule has 0 saturated heterocycles. The Labute approximate surface area is 141 Å². The van der Waals surface area contributed by atoms with Crippen LogP contribution in [0, 0.1) is 13.8 Å². The third kappa shape index (κ3) is 2.56. The summed E-state index contributed by atoms with van der Waals surface area (Å²) < 4.78 is 0. The molecule has 3 rings (SSSR count). The van der Waals surface area contributed by atoms with Gasteiger partial charge in [0.05, 0.1) is 17.0 Å². The Hall–Kier alpha value is -2.37. The Balaban J connectivity index is 1.92. The topological polar surface area (TPSA) is 81.9 Å². The molecule has 1 aliphatic rings. The second-order valence-electron chi connectivity index (χ2n) is 6.88. The number of nitrogens with one attached hydrogen (secondary N) is 2. The van der Waals surface area contributed by atoms with E-state index in [9.17, 15) is 9.59 Å². The number of carbonyl (C=O) groups excluding carboxylic acids is 2. The highest BCUT2D eigenvalue weighted by Gasteiger charge is 2.29. The van der Waals surface area contributed by atoms with Crippen LogP contribution < -0.4 is 0 Å². The van der Waals surface area contributed by atoms with Crippen LogP contribution >= 0.6 is 0 Å². The van der Waals surface area contributed by atoms with E-state index in [0.29, 0.717) is 30.3 Å². The van der Waals surface area contributed by atoms with Gasteiger partial charge >= 0.3 is 0 Å². The molecule has 2 N–H and O–H groups in total. The predicted octanol–water partition coefficient (Wildman–Crippen LogP) is 2.88. The summed E-state index contributed by atoms with van der Waals surface area (Å²) in [5, 5.41) is 7.52. The minimum atomic E-state index is -0.0486. The van der Waals surface area contributed by atoms with Crippen molar-refractivity contribution in [3.63, 3.8) is 0 Å². The molecule has 2 aromatic heterocycles. The number of aryl methyl sites for hydroxylation is 1. The minimum Gasteiger partial charge on any atom is -0.355 e. The van der Waals surface area contributed by atoms with Gasteiger partial charge in [0.2, 0.25) is 0 Å². The molecule has 0 bridgehead atoms. The molecule has 6 nitrogen and oxygen atoms in total. The molecule has 0 unspecified atom stereocenters. The van der Waals surface area contributed by atoms with Gasteiger partial charge in [0.25, 0.3) is 5.91 Å². The summed E-state index contributed by atoms with van der Waals surface area (Å²) in [7, 11) is 0. The Morgan fingerprint density at radius 1 is 1.25 bits per heavy atom. The molecule has 0 radical (unpaired) electrons. The first kappa shape index (κ1) is 16.5. The molecule has 2 aromatic rings. The van der Waals surface area contributed by atoms with Crippen LogP contribution in [-0.4, -0.2) is 38.3 Å². The lowest BCUT2D eigenvalue weighted by molar-refractivity contribution is 0.0732. The van der Waals surface area contributed by atoms with Crippen LogP contribution in [0.1, 0.15) is 75.7 Å². The van der Waals surface area contributed by atoms with Gasteiger partial charge in [-0.15, -0.1) is 0 Å². The molecular weight excluding hydrogens is 304 g/mol. The lowest BCUT2D eigenvalue weighted by Gasteiger charge is -2.28. The Bertz CT molecular complexity index is 813. The van der Waals surface area contributed by atoms with E-state index < -0.39 is 0 Å². The fraction of sp³-hybridized carbons (Fsp3) is 0.500. The number of nitrogens with zero attached hydrogens (tertiary/aromatic N) is 2. The molecule has 1 aliphatic heterocycles. The van der Waals surface area contributed by atoms with Gasteiger partial charge in [0.1, 0.15) is 0 Å². The lowest BCUT2D eigenvalue weighted by Crippen LogP contribution is -2.36. The number of H-pyrrole nitrogens is 2. The van der Waals surface area contributed by atoms with Crippen LogP contribution in [0.3, 0.4) is 0 Å². The molecule has 0 spiro atoms. The summed E-state index contributed by atoms with van der Waals surface area (Å²) in [5.41, 5.74) is 5.96. The highest BCUT2D eigenvalue weighted by Crippen LogP contribution is 2.28. The van der Waals surface area contributed by atoms with Crippen molar-refractivity contribution in [1.29, 1.82) is 0 Å². The van der Waals surface area contributed by atoms with Crippen molar-refractivity contribution in [1.82, 2.24) is 20.1 Å². The van der Waals surface area contributed by atoms with Crippen molar-refractivity contribution in [2.45, 2.75) is 53.5 Å². The van der Waals surface area contributed by atoms with Crippen molar-refractivity contribution in [3.05, 3.63) is 39.5 Å². The fourth-order valence-corrected chi connectivity index (χ4v) is 3.55. The van der Waals surface area contributed by atoms with Crippen LogP contribution in [0.4, 0.5) is 0 Å². The maximum absolute atomic E-state index is 13.1. The third-order valence-electron chi connectivity index (χ3n) is 4.80. The van der Waals surface area contributed by atoms with E-state index in [-0.39, 0.29) is 11.7 Å². The number of carbonyl (C=O) groups is 2. The molecule has 0 atom stereocenters. The van der Waals surface area contributed by atoms with E-state index in [1.807, 2.05) is 18.7 Å². The van der Waals surface area contributed by atoms with Crippen LogP contribution in [0.15, 0.2) is 0 Å². The molecule has 6 heteroatoms. The zero-order valence-corrected chi connectivity index (χ0v) is 14.9. The smallest absolute Gasteiger partial charge is 0.256 e. The zero-order valence-electron chi connectivity index (χ0n) is 14.9. The minimum absolute atomic E-state index is 0.0182. The normalized spacial score (nSPS) is 14.2. The molecule has 24 heavy (non-hydrogen) atoms. The van der Waals surface area contributed by atoms with E-state index in [4.69, 9.17) is 0 Å². The van der Waals surface area contributed by atoms with E-state index >= 15 is 0 Å². The average molecular weight is 328 g/mol. The number of rotatable bonds is 3. The molecule has 0 fully saturated rings. The van der Waals surface area contributed by atoms with Gasteiger partial charge in [-0.1, -0.05) is 13.8 Å². The number of fused-ring (bicyclic) bond motifs is 1. The van der Waals surface area contributed by atoms with Gasteiger partial charge in [-0.2, -0.15) is 5.10 Å². The molecular formula is C18H24N4O2. The van der Waals surface area contributed by atoms with Gasteiger partial charge in [-0.05, 0) is 25.3 Å². The summed E-state index contributed by atoms with van der Waals surface area (Å²) in [6.45, 7) is 10.6. The summed E-state index contributed by atoms with van der Waals surface area (Å²) in [4.78, 5) is 29.7. The first-order valence-electron chi connectivity index (χ1n) is 8.36. The number of hydrogen-bond donors (Lipinski definition) is 2. The Morgan fingerprint density at radius 2 is 1.96 bits per heavy atom. The zero-order chi connectivity index (χ0) is 17.6. The molecule has 0 saturated carbocycles.